The second-order valence-corrected chi connectivity index (χ2v) is 7.30. The number of fused-ring (bicyclic) bond motifs is 1. The van der Waals surface area contributed by atoms with E-state index in [1.165, 1.54) is 22.5 Å². The molecular formula is C17H14BrN5S. The number of imidazole rings is 1. The second kappa shape index (κ2) is 6.33. The molecule has 1 aromatic carbocycles. The Morgan fingerprint density at radius 1 is 1.29 bits per heavy atom. The van der Waals surface area contributed by atoms with Crippen LogP contribution in [0, 0.1) is 6.92 Å². The lowest BCUT2D eigenvalue weighted by Gasteiger charge is -2.06. The average Bonchev–Trinajstić information content (AvgIpc) is 3.15. The molecule has 4 aromatic rings. The fraction of sp³-hybridized carbons (Fsp3) is 0.118. The number of nitrogens with one attached hydrogen (secondary N) is 1. The van der Waals surface area contributed by atoms with E-state index in [1.54, 1.807) is 6.20 Å². The maximum Gasteiger partial charge on any atom is 0.214 e. The molecular weight excluding hydrogens is 386 g/mol. The summed E-state index contributed by atoms with van der Waals surface area (Å²) in [5.74, 6) is 0. The second-order valence-electron chi connectivity index (χ2n) is 5.43. The molecule has 0 aliphatic rings. The first-order valence-corrected chi connectivity index (χ1v) is 9.05. The fourth-order valence-electron chi connectivity index (χ4n) is 2.43. The van der Waals surface area contributed by atoms with Crippen molar-refractivity contribution < 1.29 is 0 Å². The van der Waals surface area contributed by atoms with Gasteiger partial charge in [0.15, 0.2) is 0 Å². The average molecular weight is 400 g/mol. The summed E-state index contributed by atoms with van der Waals surface area (Å²) in [5, 5.41) is 8.79. The van der Waals surface area contributed by atoms with Crippen LogP contribution in [0.25, 0.3) is 16.2 Å². The van der Waals surface area contributed by atoms with Crippen molar-refractivity contribution in [3.8, 4) is 11.3 Å². The monoisotopic (exact) mass is 399 g/mol. The molecule has 4 rings (SSSR count). The van der Waals surface area contributed by atoms with Crippen LogP contribution in [-0.2, 0) is 6.54 Å². The van der Waals surface area contributed by atoms with Crippen molar-refractivity contribution in [1.82, 2.24) is 19.6 Å². The number of rotatable bonds is 4. The van der Waals surface area contributed by atoms with Crippen LogP contribution in [0.5, 0.6) is 0 Å². The highest BCUT2D eigenvalue weighted by Crippen LogP contribution is 2.25. The molecule has 0 atom stereocenters. The topological polar surface area (TPSA) is 55.1 Å². The van der Waals surface area contributed by atoms with Gasteiger partial charge in [-0.2, -0.15) is 0 Å². The lowest BCUT2D eigenvalue weighted by molar-refractivity contribution is 0.960. The molecule has 1 N–H and O–H groups in total. The number of hydrogen-bond acceptors (Lipinski definition) is 5. The van der Waals surface area contributed by atoms with E-state index in [1.807, 2.05) is 29.0 Å². The molecule has 0 aliphatic carbocycles. The number of pyridine rings is 1. The smallest absolute Gasteiger partial charge is 0.214 e. The molecule has 0 unspecified atom stereocenters. The minimum absolute atomic E-state index is 0.734. The predicted octanol–water partition coefficient (Wildman–Crippen LogP) is 4.54. The summed E-state index contributed by atoms with van der Waals surface area (Å²) >= 11 is 5.05. The first-order valence-electron chi connectivity index (χ1n) is 7.44. The van der Waals surface area contributed by atoms with Gasteiger partial charge in [0.25, 0.3) is 0 Å². The number of halogens is 1. The van der Waals surface area contributed by atoms with E-state index in [0.29, 0.717) is 0 Å². The number of nitrogens with zero attached hydrogens (tertiary/aromatic N) is 4. The zero-order valence-corrected chi connectivity index (χ0v) is 15.3. The van der Waals surface area contributed by atoms with Gasteiger partial charge in [0.2, 0.25) is 10.1 Å². The first-order chi connectivity index (χ1) is 11.7. The van der Waals surface area contributed by atoms with E-state index in [9.17, 15) is 0 Å². The minimum atomic E-state index is 0.734. The Kier molecular flexibility index (Phi) is 4.03. The molecule has 0 radical (unpaired) electrons. The molecule has 0 spiro atoms. The van der Waals surface area contributed by atoms with Crippen molar-refractivity contribution in [1.29, 1.82) is 0 Å². The number of aromatic nitrogens is 4. The number of benzene rings is 1. The van der Waals surface area contributed by atoms with Crippen LogP contribution in [0.4, 0.5) is 5.13 Å². The molecule has 3 aromatic heterocycles. The highest BCUT2D eigenvalue weighted by atomic mass is 79.9. The van der Waals surface area contributed by atoms with Gasteiger partial charge in [0.1, 0.15) is 0 Å². The Balaban J connectivity index is 1.54. The van der Waals surface area contributed by atoms with Crippen LogP contribution in [0.1, 0.15) is 11.1 Å². The lowest BCUT2D eigenvalue weighted by atomic mass is 10.1. The first kappa shape index (κ1) is 15.3. The van der Waals surface area contributed by atoms with E-state index in [0.717, 1.165) is 32.4 Å². The number of anilines is 1. The third kappa shape index (κ3) is 3.05. The summed E-state index contributed by atoms with van der Waals surface area (Å²) in [5.41, 5.74) is 4.38. The van der Waals surface area contributed by atoms with E-state index >= 15 is 0 Å². The third-order valence-electron chi connectivity index (χ3n) is 3.74. The Morgan fingerprint density at radius 3 is 3.00 bits per heavy atom. The number of hydrogen-bond donors (Lipinski definition) is 1. The minimum Gasteiger partial charge on any atom is -0.356 e. The Bertz CT molecular complexity index is 961. The van der Waals surface area contributed by atoms with Gasteiger partial charge in [0, 0.05) is 29.0 Å². The van der Waals surface area contributed by atoms with Crippen molar-refractivity contribution in [2.75, 3.05) is 5.32 Å². The van der Waals surface area contributed by atoms with E-state index < -0.39 is 0 Å². The van der Waals surface area contributed by atoms with Crippen LogP contribution in [0.2, 0.25) is 0 Å². The van der Waals surface area contributed by atoms with Gasteiger partial charge < -0.3 is 5.32 Å². The molecule has 3 heterocycles. The van der Waals surface area contributed by atoms with Crippen molar-refractivity contribution >= 4 is 37.4 Å². The van der Waals surface area contributed by atoms with E-state index in [4.69, 9.17) is 0 Å². The van der Waals surface area contributed by atoms with Gasteiger partial charge in [0.05, 0.1) is 11.9 Å². The molecule has 0 aliphatic heterocycles. The molecule has 120 valence electrons. The molecule has 24 heavy (non-hydrogen) atoms. The summed E-state index contributed by atoms with van der Waals surface area (Å²) in [6.07, 6.45) is 5.49. The molecule has 0 saturated heterocycles. The maximum atomic E-state index is 4.62. The van der Waals surface area contributed by atoms with Crippen LogP contribution in [0.15, 0.2) is 53.4 Å². The molecule has 7 heteroatoms. The summed E-state index contributed by atoms with van der Waals surface area (Å²) in [6, 6.07) is 10.2. The van der Waals surface area contributed by atoms with Gasteiger partial charge in [-0.05, 0) is 42.3 Å². The maximum absolute atomic E-state index is 4.62. The van der Waals surface area contributed by atoms with Gasteiger partial charge in [-0.25, -0.2) is 9.50 Å². The van der Waals surface area contributed by atoms with Gasteiger partial charge in [-0.3, -0.25) is 4.98 Å². The predicted molar refractivity (Wildman–Crippen MR) is 100 cm³/mol. The molecule has 5 nitrogen and oxygen atoms in total. The van der Waals surface area contributed by atoms with Gasteiger partial charge >= 0.3 is 0 Å². The van der Waals surface area contributed by atoms with E-state index in [2.05, 4.69) is 61.4 Å². The SMILES string of the molecule is Cc1ccc(Br)cc1CNc1nn2cc(-c3cccnc3)nc2s1. The fourth-order valence-corrected chi connectivity index (χ4v) is 3.61. The zero-order chi connectivity index (χ0) is 16.5. The highest BCUT2D eigenvalue weighted by Gasteiger charge is 2.10. The largest absolute Gasteiger partial charge is 0.356 e. The third-order valence-corrected chi connectivity index (χ3v) is 5.12. The number of aryl methyl sites for hydroxylation is 1. The molecule has 0 fully saturated rings. The Labute approximate surface area is 151 Å². The van der Waals surface area contributed by atoms with Crippen molar-refractivity contribution in [2.24, 2.45) is 0 Å². The summed E-state index contributed by atoms with van der Waals surface area (Å²) < 4.78 is 2.89. The van der Waals surface area contributed by atoms with Crippen LogP contribution in [0.3, 0.4) is 0 Å². The summed E-state index contributed by atoms with van der Waals surface area (Å²) in [7, 11) is 0. The van der Waals surface area contributed by atoms with Crippen LogP contribution < -0.4 is 5.32 Å². The van der Waals surface area contributed by atoms with Crippen molar-refractivity contribution in [2.45, 2.75) is 13.5 Å². The molecule has 0 amide bonds. The zero-order valence-electron chi connectivity index (χ0n) is 12.9. The van der Waals surface area contributed by atoms with Gasteiger partial charge in [-0.15, -0.1) is 5.10 Å². The highest BCUT2D eigenvalue weighted by molar-refractivity contribution is 9.10. The van der Waals surface area contributed by atoms with Gasteiger partial charge in [-0.1, -0.05) is 33.3 Å². The molecule has 0 saturated carbocycles. The Morgan fingerprint density at radius 2 is 2.21 bits per heavy atom. The van der Waals surface area contributed by atoms with Crippen LogP contribution >= 0.6 is 27.3 Å². The van der Waals surface area contributed by atoms with E-state index in [-0.39, 0.29) is 0 Å². The Hall–Kier alpha value is -2.25. The lowest BCUT2D eigenvalue weighted by Crippen LogP contribution is -2.01. The molecule has 0 bridgehead atoms. The van der Waals surface area contributed by atoms with Crippen molar-refractivity contribution in [3.05, 3.63) is 64.5 Å². The normalized spacial score (nSPS) is 11.1. The quantitative estimate of drug-likeness (QED) is 0.547. The standard InChI is InChI=1S/C17H14BrN5S/c1-11-4-5-14(18)7-13(11)9-20-16-22-23-10-15(21-17(23)24-16)12-3-2-6-19-8-12/h2-8,10H,9H2,1H3,(H,20,22). The van der Waals surface area contributed by atoms with Crippen LogP contribution in [-0.4, -0.2) is 19.6 Å². The van der Waals surface area contributed by atoms with Crippen molar-refractivity contribution in [3.63, 3.8) is 0 Å². The summed E-state index contributed by atoms with van der Waals surface area (Å²) in [6.45, 7) is 2.84. The summed E-state index contributed by atoms with van der Waals surface area (Å²) in [4.78, 5) is 9.61.